The lowest BCUT2D eigenvalue weighted by Crippen LogP contribution is -1.94. The van der Waals surface area contributed by atoms with Gasteiger partial charge < -0.3 is 4.74 Å². The zero-order valence-electron chi connectivity index (χ0n) is 12.8. The molecule has 0 amide bonds. The van der Waals surface area contributed by atoms with E-state index in [1.54, 1.807) is 34.7 Å². The van der Waals surface area contributed by atoms with Crippen molar-refractivity contribution in [3.63, 3.8) is 0 Å². The average Bonchev–Trinajstić information content (AvgIpc) is 2.89. The highest BCUT2D eigenvalue weighted by Gasteiger charge is 2.12. The Morgan fingerprint density at radius 1 is 1.22 bits per heavy atom. The summed E-state index contributed by atoms with van der Waals surface area (Å²) in [7, 11) is 1.70. The number of halogens is 1. The van der Waals surface area contributed by atoms with Gasteiger partial charge in [-0.2, -0.15) is 0 Å². The van der Waals surface area contributed by atoms with Crippen LogP contribution in [0.3, 0.4) is 0 Å². The molecule has 0 atom stereocenters. The van der Waals surface area contributed by atoms with E-state index >= 15 is 0 Å². The number of imidazole rings is 1. The van der Waals surface area contributed by atoms with E-state index in [0.717, 1.165) is 27.4 Å². The summed E-state index contributed by atoms with van der Waals surface area (Å²) >= 11 is 9.67. The molecule has 2 heterocycles. The molecular weight excluding hydrogens is 350 g/mol. The number of fused-ring (bicyclic) bond motifs is 1. The van der Waals surface area contributed by atoms with Gasteiger partial charge in [-0.15, -0.1) is 0 Å². The first-order chi connectivity index (χ1) is 11.2. The molecule has 2 aromatic heterocycles. The molecule has 0 unspecified atom stereocenters. The van der Waals surface area contributed by atoms with Gasteiger partial charge in [-0.05, 0) is 30.7 Å². The van der Waals surface area contributed by atoms with Crippen LogP contribution >= 0.6 is 35.3 Å². The number of para-hydroxylation sites is 2. The van der Waals surface area contributed by atoms with Crippen molar-refractivity contribution in [3.8, 4) is 0 Å². The molecule has 0 saturated carbocycles. The lowest BCUT2D eigenvalue weighted by molar-refractivity contribution is 0.259. The minimum Gasteiger partial charge on any atom is -0.374 e. The van der Waals surface area contributed by atoms with Crippen molar-refractivity contribution in [1.29, 1.82) is 0 Å². The Morgan fingerprint density at radius 3 is 2.83 bits per heavy atom. The summed E-state index contributed by atoms with van der Waals surface area (Å²) < 4.78 is 6.75. The third-order valence-electron chi connectivity index (χ3n) is 3.35. The summed E-state index contributed by atoms with van der Waals surface area (Å²) in [5.41, 5.74) is 3.00. The maximum absolute atomic E-state index is 6.36. The number of methoxy groups -OCH3 is 1. The second-order valence-corrected chi connectivity index (χ2v) is 7.14. The van der Waals surface area contributed by atoms with E-state index in [9.17, 15) is 0 Å². The van der Waals surface area contributed by atoms with Crippen LogP contribution < -0.4 is 0 Å². The Hall–Kier alpha value is -1.21. The number of hydrogen-bond donors (Lipinski definition) is 0. The van der Waals surface area contributed by atoms with Crippen LogP contribution in [0.15, 0.2) is 46.5 Å². The van der Waals surface area contributed by atoms with Gasteiger partial charge in [-0.25, -0.2) is 14.1 Å². The molecule has 0 radical (unpaired) electrons. The number of rotatable bonds is 6. The molecule has 23 heavy (non-hydrogen) atoms. The van der Waals surface area contributed by atoms with Crippen molar-refractivity contribution in [1.82, 2.24) is 14.1 Å². The molecule has 4 nitrogen and oxygen atoms in total. The molecule has 0 aliphatic heterocycles. The van der Waals surface area contributed by atoms with Gasteiger partial charge in [-0.3, -0.25) is 0 Å². The minimum absolute atomic E-state index is 0.631. The molecule has 120 valence electrons. The summed E-state index contributed by atoms with van der Waals surface area (Å²) in [6.45, 7) is 2.08. The van der Waals surface area contributed by atoms with Crippen LogP contribution in [-0.4, -0.2) is 27.1 Å². The number of hydrogen-bond acceptors (Lipinski definition) is 5. The minimum atomic E-state index is 0.631. The largest absolute Gasteiger partial charge is 0.374 e. The lowest BCUT2D eigenvalue weighted by Gasteiger charge is -2.09. The van der Waals surface area contributed by atoms with E-state index in [1.165, 1.54) is 4.90 Å². The maximum atomic E-state index is 6.36. The van der Waals surface area contributed by atoms with Crippen LogP contribution in [-0.2, 0) is 10.5 Å². The Kier molecular flexibility index (Phi) is 5.48. The number of aromatic nitrogens is 3. The first-order valence-electron chi connectivity index (χ1n) is 7.03. The van der Waals surface area contributed by atoms with Gasteiger partial charge >= 0.3 is 0 Å². The Bertz CT molecular complexity index is 822. The van der Waals surface area contributed by atoms with E-state index in [1.807, 2.05) is 36.5 Å². The van der Waals surface area contributed by atoms with E-state index in [2.05, 4.69) is 16.9 Å². The van der Waals surface area contributed by atoms with Crippen LogP contribution in [0.1, 0.15) is 11.4 Å². The van der Waals surface area contributed by atoms with Crippen LogP contribution in [0, 0.1) is 6.92 Å². The normalized spacial score (nSPS) is 11.3. The first kappa shape index (κ1) is 16.6. The molecule has 0 aliphatic carbocycles. The summed E-state index contributed by atoms with van der Waals surface area (Å²) in [4.78, 5) is 10.2. The SMILES string of the molecule is COCSc1ccnc(SCc2nc3ccccc3n2Cl)c1C. The highest BCUT2D eigenvalue weighted by atomic mass is 35.5. The van der Waals surface area contributed by atoms with Gasteiger partial charge in [0.05, 0.1) is 22.7 Å². The van der Waals surface area contributed by atoms with Crippen molar-refractivity contribution in [3.05, 3.63) is 47.9 Å². The maximum Gasteiger partial charge on any atom is 0.135 e. The predicted molar refractivity (Wildman–Crippen MR) is 97.3 cm³/mol. The lowest BCUT2D eigenvalue weighted by atomic mass is 10.3. The molecule has 3 aromatic rings. The highest BCUT2D eigenvalue weighted by Crippen LogP contribution is 2.31. The average molecular weight is 366 g/mol. The summed E-state index contributed by atoms with van der Waals surface area (Å²) in [6, 6.07) is 9.87. The van der Waals surface area contributed by atoms with Gasteiger partial charge in [0, 0.05) is 30.0 Å². The second-order valence-electron chi connectivity index (χ2n) is 4.88. The molecule has 0 fully saturated rings. The fourth-order valence-electron chi connectivity index (χ4n) is 2.19. The van der Waals surface area contributed by atoms with Gasteiger partial charge in [0.15, 0.2) is 0 Å². The van der Waals surface area contributed by atoms with Crippen molar-refractivity contribution in [2.45, 2.75) is 22.6 Å². The standard InChI is InChI=1S/C16H16ClN3OS2/c1-11-14(23-10-21-2)7-8-18-16(11)22-9-15-19-12-5-3-4-6-13(12)20(15)17/h3-8H,9-10H2,1-2H3. The Balaban J connectivity index is 1.78. The van der Waals surface area contributed by atoms with Crippen molar-refractivity contribution < 1.29 is 4.74 Å². The molecule has 0 saturated heterocycles. The van der Waals surface area contributed by atoms with E-state index in [-0.39, 0.29) is 0 Å². The molecule has 0 aliphatic rings. The van der Waals surface area contributed by atoms with Crippen LogP contribution in [0.25, 0.3) is 11.0 Å². The van der Waals surface area contributed by atoms with Crippen LogP contribution in [0.4, 0.5) is 0 Å². The molecule has 0 N–H and O–H groups in total. The highest BCUT2D eigenvalue weighted by molar-refractivity contribution is 7.99. The number of benzene rings is 1. The van der Waals surface area contributed by atoms with E-state index < -0.39 is 0 Å². The fourth-order valence-corrected chi connectivity index (χ4v) is 4.21. The Labute approximate surface area is 148 Å². The van der Waals surface area contributed by atoms with Gasteiger partial charge in [0.25, 0.3) is 0 Å². The first-order valence-corrected chi connectivity index (χ1v) is 9.34. The van der Waals surface area contributed by atoms with Gasteiger partial charge in [-0.1, -0.05) is 35.7 Å². The fraction of sp³-hybridized carbons (Fsp3) is 0.250. The zero-order valence-corrected chi connectivity index (χ0v) is 15.2. The number of thioether (sulfide) groups is 2. The summed E-state index contributed by atoms with van der Waals surface area (Å²) in [5, 5.41) is 0.995. The second kappa shape index (κ2) is 7.57. The van der Waals surface area contributed by atoms with Gasteiger partial charge in [0.2, 0.25) is 0 Å². The number of pyridine rings is 1. The topological polar surface area (TPSA) is 39.9 Å². The third kappa shape index (κ3) is 3.66. The quantitative estimate of drug-likeness (QED) is 0.466. The molecule has 7 heteroatoms. The zero-order chi connectivity index (χ0) is 16.2. The number of nitrogens with zero attached hydrogens (tertiary/aromatic N) is 3. The molecule has 0 spiro atoms. The van der Waals surface area contributed by atoms with E-state index in [4.69, 9.17) is 16.5 Å². The monoisotopic (exact) mass is 365 g/mol. The van der Waals surface area contributed by atoms with Crippen molar-refractivity contribution in [2.24, 2.45) is 0 Å². The Morgan fingerprint density at radius 2 is 2.04 bits per heavy atom. The summed E-state index contributed by atoms with van der Waals surface area (Å²) in [6.07, 6.45) is 1.83. The molecule has 3 rings (SSSR count). The predicted octanol–water partition coefficient (Wildman–Crippen LogP) is 4.73. The van der Waals surface area contributed by atoms with E-state index in [0.29, 0.717) is 11.7 Å². The van der Waals surface area contributed by atoms with Crippen molar-refractivity contribution in [2.75, 3.05) is 13.0 Å². The third-order valence-corrected chi connectivity index (χ3v) is 5.92. The van der Waals surface area contributed by atoms with Crippen molar-refractivity contribution >= 4 is 46.3 Å². The summed E-state index contributed by atoms with van der Waals surface area (Å²) in [5.74, 6) is 2.13. The smallest absolute Gasteiger partial charge is 0.135 e. The molecule has 0 bridgehead atoms. The number of ether oxygens (including phenoxy) is 1. The molecule has 1 aromatic carbocycles. The van der Waals surface area contributed by atoms with Crippen LogP contribution in [0.2, 0.25) is 0 Å². The van der Waals surface area contributed by atoms with Gasteiger partial charge in [0.1, 0.15) is 10.9 Å². The molecular formula is C16H16ClN3OS2. The van der Waals surface area contributed by atoms with Crippen LogP contribution in [0.5, 0.6) is 0 Å².